The van der Waals surface area contributed by atoms with Gasteiger partial charge in [-0.1, -0.05) is 72.0 Å². The van der Waals surface area contributed by atoms with Gasteiger partial charge in [0, 0.05) is 13.2 Å². The van der Waals surface area contributed by atoms with Crippen LogP contribution in [0, 0.1) is 0 Å². The lowest BCUT2D eigenvalue weighted by Gasteiger charge is -2.43. The highest BCUT2D eigenvalue weighted by molar-refractivity contribution is 6.89. The van der Waals surface area contributed by atoms with E-state index in [1.165, 1.54) is 19.3 Å². The van der Waals surface area contributed by atoms with Gasteiger partial charge in [0.2, 0.25) is 0 Å². The fourth-order valence-electron chi connectivity index (χ4n) is 3.71. The lowest BCUT2D eigenvalue weighted by atomic mass is 10.4. The second kappa shape index (κ2) is 13.2. The molecule has 0 unspecified atom stereocenters. The average Bonchev–Trinajstić information content (AvgIpc) is 2.47. The molecule has 0 aliphatic carbocycles. The van der Waals surface area contributed by atoms with Crippen molar-refractivity contribution in [2.45, 2.75) is 84.9 Å². The summed E-state index contributed by atoms with van der Waals surface area (Å²) in [6.07, 6.45) is 3.59. The van der Waals surface area contributed by atoms with Gasteiger partial charge in [0.25, 0.3) is 0 Å². The Hall–Kier alpha value is 0.708. The van der Waals surface area contributed by atoms with Crippen LogP contribution in [0.5, 0.6) is 0 Å². The molecule has 0 aromatic carbocycles. The number of ether oxygens (including phenoxy) is 2. The fourth-order valence-corrected chi connectivity index (χ4v) is 18.0. The molecular weight excluding hydrogens is 413 g/mol. The zero-order chi connectivity index (χ0) is 22.0. The first kappa shape index (κ1) is 28.7. The van der Waals surface area contributed by atoms with Crippen molar-refractivity contribution in [3.63, 3.8) is 0 Å². The number of hydrogen-bond donors (Lipinski definition) is 0. The van der Waals surface area contributed by atoms with Crippen molar-refractivity contribution in [3.8, 4) is 0 Å². The van der Waals surface area contributed by atoms with Crippen molar-refractivity contribution in [3.05, 3.63) is 0 Å². The quantitative estimate of drug-likeness (QED) is 0.232. The maximum atomic E-state index is 5.82. The van der Waals surface area contributed by atoms with Crippen LogP contribution in [0.1, 0.15) is 12.8 Å². The van der Waals surface area contributed by atoms with Crippen LogP contribution < -0.4 is 0 Å². The standard InChI is InChI=1S/C20H51N2O2Si4/c1-25(2)20-21(26(3,4)5)14-12-16-23-18-19-24-17-13-15-22(27(6,7)8)28(9,10)11/h12-20H2,1-11H3. The molecule has 0 rings (SSSR count). The largest absolute Gasteiger partial charge is 0.379 e. The first-order valence-corrected chi connectivity index (χ1v) is 24.2. The Labute approximate surface area is 182 Å². The zero-order valence-electron chi connectivity index (χ0n) is 21.1. The highest BCUT2D eigenvalue weighted by Crippen LogP contribution is 2.19. The minimum atomic E-state index is -1.23. The molecule has 4 nitrogen and oxygen atoms in total. The smallest absolute Gasteiger partial charge is 0.118 e. The summed E-state index contributed by atoms with van der Waals surface area (Å²) in [5, 5.41) is 0. The summed E-state index contributed by atoms with van der Waals surface area (Å²) in [7, 11) is -3.85. The lowest BCUT2D eigenvalue weighted by molar-refractivity contribution is 0.0445. The van der Waals surface area contributed by atoms with Crippen LogP contribution in [0.25, 0.3) is 0 Å². The molecule has 0 heterocycles. The zero-order valence-corrected chi connectivity index (χ0v) is 25.1. The van der Waals surface area contributed by atoms with Crippen LogP contribution >= 0.6 is 0 Å². The Morgan fingerprint density at radius 1 is 0.607 bits per heavy atom. The molecule has 0 aliphatic rings. The van der Waals surface area contributed by atoms with Gasteiger partial charge in [-0.3, -0.25) is 0 Å². The molecule has 0 bridgehead atoms. The Bertz CT molecular complexity index is 390. The summed E-state index contributed by atoms with van der Waals surface area (Å²) < 4.78 is 17.2. The Morgan fingerprint density at radius 3 is 1.39 bits per heavy atom. The van der Waals surface area contributed by atoms with E-state index < -0.39 is 24.7 Å². The monoisotopic (exact) mass is 463 g/mol. The van der Waals surface area contributed by atoms with E-state index in [1.54, 1.807) is 0 Å². The maximum absolute atomic E-state index is 5.82. The normalized spacial score (nSPS) is 13.9. The number of hydrogen-bond acceptors (Lipinski definition) is 4. The molecule has 0 aromatic heterocycles. The molecule has 0 aromatic rings. The third-order valence-corrected chi connectivity index (χ3v) is 16.2. The highest BCUT2D eigenvalue weighted by atomic mass is 28.4. The Kier molecular flexibility index (Phi) is 13.5. The van der Waals surface area contributed by atoms with Gasteiger partial charge >= 0.3 is 0 Å². The molecule has 169 valence electrons. The summed E-state index contributed by atoms with van der Waals surface area (Å²) in [4.78, 5) is 0. The highest BCUT2D eigenvalue weighted by Gasteiger charge is 2.33. The fraction of sp³-hybridized carbons (Fsp3) is 1.00. The van der Waals surface area contributed by atoms with Gasteiger partial charge in [0.05, 0.1) is 22.0 Å². The molecule has 0 amide bonds. The van der Waals surface area contributed by atoms with Crippen molar-refractivity contribution in [2.75, 3.05) is 45.7 Å². The summed E-state index contributed by atoms with van der Waals surface area (Å²) in [5.74, 6) is 0. The van der Waals surface area contributed by atoms with Crippen LogP contribution in [-0.4, -0.2) is 88.0 Å². The molecule has 0 spiro atoms. The van der Waals surface area contributed by atoms with Crippen LogP contribution in [0.15, 0.2) is 0 Å². The van der Waals surface area contributed by atoms with E-state index in [2.05, 4.69) is 80.8 Å². The molecule has 1 radical (unpaired) electrons. The number of rotatable bonds is 16. The molecule has 0 fully saturated rings. The summed E-state index contributed by atoms with van der Waals surface area (Å²) in [6, 6.07) is 0. The minimum Gasteiger partial charge on any atom is -0.379 e. The Balaban J connectivity index is 3.85. The second-order valence-corrected chi connectivity index (χ2v) is 29.1. The van der Waals surface area contributed by atoms with Gasteiger partial charge in [0.1, 0.15) is 24.7 Å². The van der Waals surface area contributed by atoms with Crippen LogP contribution in [-0.2, 0) is 9.47 Å². The molecular formula is C20H51N2O2Si4. The van der Waals surface area contributed by atoms with Gasteiger partial charge in [-0.2, -0.15) is 0 Å². The molecule has 0 N–H and O–H groups in total. The molecule has 0 saturated carbocycles. The van der Waals surface area contributed by atoms with Gasteiger partial charge in [-0.05, 0) is 32.1 Å². The predicted molar refractivity (Wildman–Crippen MR) is 137 cm³/mol. The van der Waals surface area contributed by atoms with Gasteiger partial charge in [-0.15, -0.1) is 0 Å². The van der Waals surface area contributed by atoms with Gasteiger partial charge in [0.15, 0.2) is 0 Å². The van der Waals surface area contributed by atoms with Crippen LogP contribution in [0.4, 0.5) is 0 Å². The van der Waals surface area contributed by atoms with E-state index in [1.807, 2.05) is 0 Å². The van der Waals surface area contributed by atoms with E-state index in [0.29, 0.717) is 0 Å². The molecule has 28 heavy (non-hydrogen) atoms. The second-order valence-electron chi connectivity index (χ2n) is 11.2. The predicted octanol–water partition coefficient (Wildman–Crippen LogP) is 5.20. The minimum absolute atomic E-state index is 0.198. The number of nitrogens with zero attached hydrogens (tertiary/aromatic N) is 2. The summed E-state index contributed by atoms with van der Waals surface area (Å²) >= 11 is 0. The van der Waals surface area contributed by atoms with Gasteiger partial charge < -0.3 is 18.3 Å². The van der Waals surface area contributed by atoms with E-state index >= 15 is 0 Å². The topological polar surface area (TPSA) is 24.9 Å². The van der Waals surface area contributed by atoms with Crippen molar-refractivity contribution < 1.29 is 9.47 Å². The van der Waals surface area contributed by atoms with Crippen molar-refractivity contribution in [1.29, 1.82) is 0 Å². The van der Waals surface area contributed by atoms with E-state index in [9.17, 15) is 0 Å². The third kappa shape index (κ3) is 13.8. The molecule has 0 aliphatic heterocycles. The molecule has 0 saturated heterocycles. The van der Waals surface area contributed by atoms with Crippen LogP contribution in [0.3, 0.4) is 0 Å². The third-order valence-electron chi connectivity index (χ3n) is 4.83. The molecule has 8 heteroatoms. The summed E-state index contributed by atoms with van der Waals surface area (Å²) in [6.45, 7) is 32.5. The first-order chi connectivity index (χ1) is 12.7. The van der Waals surface area contributed by atoms with E-state index in [4.69, 9.17) is 9.47 Å². The first-order valence-electron chi connectivity index (χ1n) is 11.1. The Morgan fingerprint density at radius 2 is 1.04 bits per heavy atom. The van der Waals surface area contributed by atoms with Crippen LogP contribution in [0.2, 0.25) is 72.0 Å². The van der Waals surface area contributed by atoms with E-state index in [-0.39, 0.29) is 8.80 Å². The lowest BCUT2D eigenvalue weighted by Crippen LogP contribution is -2.59. The van der Waals surface area contributed by atoms with Crippen molar-refractivity contribution >= 4 is 33.5 Å². The SMILES string of the molecule is C[Si](C)CN(CCCOCCOCCCN([Si](C)(C)C)[Si](C)(C)C)[Si](C)(C)C. The van der Waals surface area contributed by atoms with Crippen molar-refractivity contribution in [2.24, 2.45) is 0 Å². The molecule has 0 atom stereocenters. The van der Waals surface area contributed by atoms with Gasteiger partial charge in [-0.25, -0.2) is 0 Å². The summed E-state index contributed by atoms with van der Waals surface area (Å²) in [5.41, 5.74) is 0. The van der Waals surface area contributed by atoms with Crippen molar-refractivity contribution in [1.82, 2.24) is 8.80 Å². The average molecular weight is 464 g/mol. The maximum Gasteiger partial charge on any atom is 0.118 e. The van der Waals surface area contributed by atoms with E-state index in [0.717, 1.165) is 39.3 Å².